The molecule has 3 aromatic rings. The Kier molecular flexibility index (Phi) is 4.34. The number of para-hydroxylation sites is 1. The van der Waals surface area contributed by atoms with Crippen molar-refractivity contribution in [3.63, 3.8) is 0 Å². The highest BCUT2D eigenvalue weighted by Crippen LogP contribution is 2.40. The van der Waals surface area contributed by atoms with Gasteiger partial charge in [0.25, 0.3) is 0 Å². The van der Waals surface area contributed by atoms with E-state index in [1.54, 1.807) is 18.2 Å². The first-order chi connectivity index (χ1) is 14.1. The van der Waals surface area contributed by atoms with Crippen molar-refractivity contribution in [2.75, 3.05) is 19.6 Å². The average Bonchev–Trinajstić information content (AvgIpc) is 3.28. The lowest BCUT2D eigenvalue weighted by molar-refractivity contribution is 0.101. The van der Waals surface area contributed by atoms with Crippen molar-refractivity contribution in [2.45, 2.75) is 19.5 Å². The summed E-state index contributed by atoms with van der Waals surface area (Å²) in [4.78, 5) is 15.2. The molecule has 7 heteroatoms. The summed E-state index contributed by atoms with van der Waals surface area (Å²) in [5.74, 6) is 0.625. The summed E-state index contributed by atoms with van der Waals surface area (Å²) in [6, 6.07) is 11.3. The average molecular weight is 390 g/mol. The molecule has 2 aliphatic heterocycles. The van der Waals surface area contributed by atoms with E-state index in [0.29, 0.717) is 35.2 Å². The van der Waals surface area contributed by atoms with Gasteiger partial charge in [-0.1, -0.05) is 18.2 Å². The molecule has 0 aliphatic carbocycles. The number of phenols is 1. The molecular weight excluding hydrogens is 368 g/mol. The summed E-state index contributed by atoms with van der Waals surface area (Å²) in [7, 11) is 0. The predicted molar refractivity (Wildman–Crippen MR) is 110 cm³/mol. The topological polar surface area (TPSA) is 90.5 Å². The van der Waals surface area contributed by atoms with Gasteiger partial charge in [-0.05, 0) is 25.1 Å². The van der Waals surface area contributed by atoms with Crippen molar-refractivity contribution in [3.8, 4) is 11.5 Å². The minimum atomic E-state index is -0.193. The molecule has 1 saturated heterocycles. The fraction of sp³-hybridized carbons (Fsp3) is 0.273. The number of hydrogen-bond donors (Lipinski definition) is 3. The largest absolute Gasteiger partial charge is 0.507 e. The number of carbonyl (C=O) groups excluding carboxylic acids is 1. The second-order valence-electron chi connectivity index (χ2n) is 7.56. The predicted octanol–water partition coefficient (Wildman–Crippen LogP) is 2.68. The Balaban J connectivity index is 1.50. The van der Waals surface area contributed by atoms with Crippen LogP contribution in [0.1, 0.15) is 28.5 Å². The highest BCUT2D eigenvalue weighted by atomic mass is 16.5. The highest BCUT2D eigenvalue weighted by Gasteiger charge is 2.32. The number of piperazine rings is 1. The molecule has 2 aliphatic rings. The maximum atomic E-state index is 12.9. The number of Topliss-reactive ketones (excluding diaryl/α,β-unsaturated/α-hetero) is 1. The van der Waals surface area contributed by atoms with Gasteiger partial charge >= 0.3 is 0 Å². The lowest BCUT2D eigenvalue weighted by Crippen LogP contribution is -2.49. The first-order valence-electron chi connectivity index (χ1n) is 9.79. The van der Waals surface area contributed by atoms with Gasteiger partial charge in [-0.15, -0.1) is 0 Å². The SMILES string of the molecule is C[C@H]1CNCCN1Cc1c(O)ccc2c1OC(=Cc1n[nH]c3ccccc13)C2=O. The van der Waals surface area contributed by atoms with Crippen LogP contribution in [0.25, 0.3) is 17.0 Å². The van der Waals surface area contributed by atoms with Crippen LogP contribution >= 0.6 is 0 Å². The lowest BCUT2D eigenvalue weighted by atomic mass is 10.0. The van der Waals surface area contributed by atoms with Crippen molar-refractivity contribution in [3.05, 3.63) is 59.0 Å². The molecule has 3 heterocycles. The van der Waals surface area contributed by atoms with Crippen molar-refractivity contribution < 1.29 is 14.6 Å². The Labute approximate surface area is 168 Å². The summed E-state index contributed by atoms with van der Waals surface area (Å²) in [5.41, 5.74) is 2.68. The Morgan fingerprint density at radius 2 is 2.17 bits per heavy atom. The van der Waals surface area contributed by atoms with Crippen LogP contribution in [-0.2, 0) is 6.54 Å². The molecule has 3 N–H and O–H groups in total. The Morgan fingerprint density at radius 1 is 1.31 bits per heavy atom. The lowest BCUT2D eigenvalue weighted by Gasteiger charge is -2.34. The van der Waals surface area contributed by atoms with Crippen LogP contribution < -0.4 is 10.1 Å². The molecule has 0 bridgehead atoms. The number of carbonyl (C=O) groups is 1. The number of ketones is 1. The van der Waals surface area contributed by atoms with Gasteiger partial charge in [-0.2, -0.15) is 5.10 Å². The molecule has 2 aromatic carbocycles. The molecule has 1 aromatic heterocycles. The third kappa shape index (κ3) is 3.08. The van der Waals surface area contributed by atoms with Crippen LogP contribution in [-0.4, -0.2) is 51.7 Å². The van der Waals surface area contributed by atoms with Gasteiger partial charge in [0.1, 0.15) is 11.5 Å². The van der Waals surface area contributed by atoms with E-state index < -0.39 is 0 Å². The van der Waals surface area contributed by atoms with Gasteiger partial charge in [0.05, 0.1) is 22.3 Å². The van der Waals surface area contributed by atoms with E-state index >= 15 is 0 Å². The minimum absolute atomic E-state index is 0.147. The third-order valence-corrected chi connectivity index (χ3v) is 5.68. The van der Waals surface area contributed by atoms with Crippen LogP contribution in [0.5, 0.6) is 11.5 Å². The fourth-order valence-electron chi connectivity index (χ4n) is 3.99. The fourth-order valence-corrected chi connectivity index (χ4v) is 3.99. The first-order valence-corrected chi connectivity index (χ1v) is 9.79. The van der Waals surface area contributed by atoms with Gasteiger partial charge < -0.3 is 15.2 Å². The number of aromatic nitrogens is 2. The maximum absolute atomic E-state index is 12.9. The molecule has 1 atom stereocenters. The van der Waals surface area contributed by atoms with Gasteiger partial charge in [0, 0.05) is 43.7 Å². The van der Waals surface area contributed by atoms with Crippen LogP contribution in [0.15, 0.2) is 42.2 Å². The second-order valence-corrected chi connectivity index (χ2v) is 7.56. The molecule has 0 spiro atoms. The maximum Gasteiger partial charge on any atom is 0.232 e. The zero-order valence-electron chi connectivity index (χ0n) is 16.1. The molecule has 0 unspecified atom stereocenters. The standard InChI is InChI=1S/C22H22N4O3/c1-13-11-23-8-9-26(13)12-16-19(27)7-6-15-21(28)20(29-22(15)16)10-18-14-4-2-3-5-17(14)24-25-18/h2-7,10,13,23,27H,8-9,11-12H2,1H3,(H,24,25)/t13-/m0/s1. The first kappa shape index (κ1) is 17.9. The third-order valence-electron chi connectivity index (χ3n) is 5.68. The molecule has 5 rings (SSSR count). The smallest absolute Gasteiger partial charge is 0.232 e. The van der Waals surface area contributed by atoms with E-state index in [0.717, 1.165) is 30.5 Å². The number of ether oxygens (including phenoxy) is 1. The monoisotopic (exact) mass is 390 g/mol. The summed E-state index contributed by atoms with van der Waals surface area (Å²) in [6.07, 6.45) is 1.66. The van der Waals surface area contributed by atoms with Crippen molar-refractivity contribution in [1.82, 2.24) is 20.4 Å². The Morgan fingerprint density at radius 3 is 3.03 bits per heavy atom. The second kappa shape index (κ2) is 7.02. The number of fused-ring (bicyclic) bond motifs is 2. The molecule has 1 fully saturated rings. The molecule has 29 heavy (non-hydrogen) atoms. The summed E-state index contributed by atoms with van der Waals surface area (Å²) in [6.45, 7) is 5.35. The van der Waals surface area contributed by atoms with Crippen molar-refractivity contribution in [1.29, 1.82) is 0 Å². The van der Waals surface area contributed by atoms with E-state index in [4.69, 9.17) is 4.74 Å². The molecular formula is C22H22N4O3. The van der Waals surface area contributed by atoms with E-state index in [1.165, 1.54) is 0 Å². The van der Waals surface area contributed by atoms with Crippen LogP contribution in [0.2, 0.25) is 0 Å². The number of benzene rings is 2. The Hall–Kier alpha value is -3.16. The number of phenolic OH excluding ortho intramolecular Hbond substituents is 1. The number of aromatic hydroxyl groups is 1. The van der Waals surface area contributed by atoms with E-state index in [1.807, 2.05) is 24.3 Å². The normalized spacial score (nSPS) is 20.9. The summed E-state index contributed by atoms with van der Waals surface area (Å²) < 4.78 is 5.99. The molecule has 148 valence electrons. The van der Waals surface area contributed by atoms with Crippen LogP contribution in [0.3, 0.4) is 0 Å². The molecule has 0 saturated carbocycles. The van der Waals surface area contributed by atoms with E-state index in [-0.39, 0.29) is 17.3 Å². The number of aromatic amines is 1. The van der Waals surface area contributed by atoms with Gasteiger partial charge in [0.15, 0.2) is 5.76 Å². The van der Waals surface area contributed by atoms with Crippen LogP contribution in [0.4, 0.5) is 0 Å². The van der Waals surface area contributed by atoms with Crippen molar-refractivity contribution >= 4 is 22.8 Å². The summed E-state index contributed by atoms with van der Waals surface area (Å²) in [5, 5.41) is 22.0. The number of H-pyrrole nitrogens is 1. The van der Waals surface area contributed by atoms with Gasteiger partial charge in [0.2, 0.25) is 5.78 Å². The van der Waals surface area contributed by atoms with Gasteiger partial charge in [-0.25, -0.2) is 0 Å². The highest BCUT2D eigenvalue weighted by molar-refractivity contribution is 6.15. The van der Waals surface area contributed by atoms with Crippen LogP contribution in [0, 0.1) is 0 Å². The van der Waals surface area contributed by atoms with E-state index in [2.05, 4.69) is 27.3 Å². The quantitative estimate of drug-likeness (QED) is 0.596. The zero-order valence-corrected chi connectivity index (χ0v) is 16.1. The number of allylic oxidation sites excluding steroid dienone is 1. The molecule has 0 amide bonds. The van der Waals surface area contributed by atoms with Gasteiger partial charge in [-0.3, -0.25) is 14.8 Å². The van der Waals surface area contributed by atoms with Crippen molar-refractivity contribution in [2.24, 2.45) is 0 Å². The van der Waals surface area contributed by atoms with E-state index in [9.17, 15) is 9.90 Å². The zero-order chi connectivity index (χ0) is 20.0. The number of nitrogens with zero attached hydrogens (tertiary/aromatic N) is 2. The molecule has 0 radical (unpaired) electrons. The number of rotatable bonds is 3. The number of nitrogens with one attached hydrogen (secondary N) is 2. The Bertz CT molecular complexity index is 1130. The summed E-state index contributed by atoms with van der Waals surface area (Å²) >= 11 is 0. The molecule has 7 nitrogen and oxygen atoms in total. The minimum Gasteiger partial charge on any atom is -0.507 e. The number of hydrogen-bond acceptors (Lipinski definition) is 6.